The van der Waals surface area contributed by atoms with E-state index < -0.39 is 10.0 Å². The Kier molecular flexibility index (Phi) is 6.60. The number of carbonyl (C=O) groups excluding carboxylic acids is 1. The highest BCUT2D eigenvalue weighted by molar-refractivity contribution is 7.92. The van der Waals surface area contributed by atoms with Crippen LogP contribution in [0.25, 0.3) is 6.08 Å². The Morgan fingerprint density at radius 1 is 1.10 bits per heavy atom. The molecular weight excluding hydrogens is 424 g/mol. The number of benzene rings is 2. The normalized spacial score (nSPS) is 11.2. The van der Waals surface area contributed by atoms with Crippen molar-refractivity contribution >= 4 is 50.8 Å². The van der Waals surface area contributed by atoms with Crippen molar-refractivity contribution in [2.24, 2.45) is 0 Å². The number of hydrogen-bond donors (Lipinski definition) is 3. The monoisotopic (exact) mass is 442 g/mol. The van der Waals surface area contributed by atoms with Crippen LogP contribution >= 0.6 is 12.2 Å². The first-order valence-corrected chi connectivity index (χ1v) is 10.6. The molecule has 0 atom stereocenters. The lowest BCUT2D eigenvalue weighted by atomic mass is 10.2. The third-order valence-electron chi connectivity index (χ3n) is 3.75. The minimum Gasteiger partial charge on any atom is -0.360 e. The number of aromatic nitrogens is 1. The molecule has 0 saturated carbocycles. The van der Waals surface area contributed by atoms with Crippen LogP contribution in [0.2, 0.25) is 0 Å². The van der Waals surface area contributed by atoms with Crippen LogP contribution in [0, 0.1) is 6.92 Å². The summed E-state index contributed by atoms with van der Waals surface area (Å²) in [5.41, 5.74) is 1.40. The number of aryl methyl sites for hydroxylation is 1. The molecule has 0 aliphatic carbocycles. The van der Waals surface area contributed by atoms with Gasteiger partial charge in [-0.1, -0.05) is 35.5 Å². The van der Waals surface area contributed by atoms with Gasteiger partial charge in [0.1, 0.15) is 5.76 Å². The van der Waals surface area contributed by atoms with Gasteiger partial charge in [-0.3, -0.25) is 14.8 Å². The van der Waals surface area contributed by atoms with Crippen molar-refractivity contribution in [2.75, 3.05) is 10.0 Å². The second kappa shape index (κ2) is 9.33. The summed E-state index contributed by atoms with van der Waals surface area (Å²) < 4.78 is 31.9. The van der Waals surface area contributed by atoms with E-state index in [2.05, 4.69) is 20.5 Å². The predicted molar refractivity (Wildman–Crippen MR) is 118 cm³/mol. The number of rotatable bonds is 6. The molecule has 0 radical (unpaired) electrons. The number of hydrogen-bond acceptors (Lipinski definition) is 6. The summed E-state index contributed by atoms with van der Waals surface area (Å²) in [5, 5.41) is 9.04. The first-order valence-electron chi connectivity index (χ1n) is 8.73. The smallest absolute Gasteiger partial charge is 0.263 e. The zero-order valence-electron chi connectivity index (χ0n) is 15.8. The Labute approximate surface area is 179 Å². The summed E-state index contributed by atoms with van der Waals surface area (Å²) in [5.74, 6) is 0.200. The molecule has 0 spiro atoms. The van der Waals surface area contributed by atoms with E-state index in [0.717, 1.165) is 5.56 Å². The zero-order chi connectivity index (χ0) is 21.6. The van der Waals surface area contributed by atoms with E-state index in [9.17, 15) is 13.2 Å². The molecule has 10 heteroatoms. The van der Waals surface area contributed by atoms with Gasteiger partial charge in [-0.25, -0.2) is 8.42 Å². The molecule has 0 bridgehead atoms. The van der Waals surface area contributed by atoms with Crippen LogP contribution in [-0.4, -0.2) is 24.6 Å². The van der Waals surface area contributed by atoms with Gasteiger partial charge in [0.05, 0.1) is 4.90 Å². The molecule has 2 aromatic carbocycles. The Bertz CT molecular complexity index is 1170. The Morgan fingerprint density at radius 3 is 2.43 bits per heavy atom. The Hall–Kier alpha value is -3.50. The summed E-state index contributed by atoms with van der Waals surface area (Å²) in [6.07, 6.45) is 3.04. The fourth-order valence-electron chi connectivity index (χ4n) is 2.38. The molecule has 30 heavy (non-hydrogen) atoms. The van der Waals surface area contributed by atoms with E-state index in [1.165, 1.54) is 36.4 Å². The van der Waals surface area contributed by atoms with Crippen molar-refractivity contribution in [3.63, 3.8) is 0 Å². The number of nitrogens with one attached hydrogen (secondary N) is 3. The predicted octanol–water partition coefficient (Wildman–Crippen LogP) is 3.31. The second-order valence-corrected chi connectivity index (χ2v) is 8.23. The number of thiocarbonyl (C=S) groups is 1. The maximum atomic E-state index is 12.4. The van der Waals surface area contributed by atoms with Crippen LogP contribution in [0.3, 0.4) is 0 Å². The third-order valence-corrected chi connectivity index (χ3v) is 5.33. The average molecular weight is 443 g/mol. The van der Waals surface area contributed by atoms with Crippen molar-refractivity contribution in [3.05, 3.63) is 78.1 Å². The third kappa shape index (κ3) is 6.00. The van der Waals surface area contributed by atoms with Crippen LogP contribution in [0.4, 0.5) is 11.5 Å². The summed E-state index contributed by atoms with van der Waals surface area (Å²) >= 11 is 5.11. The van der Waals surface area contributed by atoms with Gasteiger partial charge in [0, 0.05) is 17.8 Å². The Balaban J connectivity index is 1.56. The number of carbonyl (C=O) groups is 1. The molecule has 1 aromatic heterocycles. The molecule has 3 N–H and O–H groups in total. The Morgan fingerprint density at radius 2 is 1.80 bits per heavy atom. The van der Waals surface area contributed by atoms with E-state index >= 15 is 0 Å². The first kappa shape index (κ1) is 21.2. The largest absolute Gasteiger partial charge is 0.360 e. The molecule has 1 amide bonds. The van der Waals surface area contributed by atoms with Crippen molar-refractivity contribution in [3.8, 4) is 0 Å². The maximum Gasteiger partial charge on any atom is 0.263 e. The average Bonchev–Trinajstić information content (AvgIpc) is 3.11. The molecule has 0 saturated heterocycles. The van der Waals surface area contributed by atoms with Crippen molar-refractivity contribution in [1.29, 1.82) is 0 Å². The van der Waals surface area contributed by atoms with E-state index in [0.29, 0.717) is 11.4 Å². The quantitative estimate of drug-likeness (QED) is 0.396. The van der Waals surface area contributed by atoms with E-state index in [1.807, 2.05) is 30.3 Å². The highest BCUT2D eigenvalue weighted by atomic mass is 32.2. The number of amides is 1. The number of nitrogens with zero attached hydrogens (tertiary/aromatic N) is 1. The molecule has 0 aliphatic heterocycles. The molecular formula is C20H18N4O4S2. The van der Waals surface area contributed by atoms with Gasteiger partial charge in [-0.2, -0.15) is 0 Å². The van der Waals surface area contributed by atoms with E-state index in [1.54, 1.807) is 13.0 Å². The van der Waals surface area contributed by atoms with Gasteiger partial charge in [-0.05, 0) is 55.0 Å². The lowest BCUT2D eigenvalue weighted by Crippen LogP contribution is -2.32. The summed E-state index contributed by atoms with van der Waals surface area (Å²) in [7, 11) is -3.81. The molecule has 0 unspecified atom stereocenters. The van der Waals surface area contributed by atoms with E-state index in [4.69, 9.17) is 16.7 Å². The highest BCUT2D eigenvalue weighted by Gasteiger charge is 2.16. The van der Waals surface area contributed by atoms with Gasteiger partial charge >= 0.3 is 0 Å². The fraction of sp³-hybridized carbons (Fsp3) is 0.0500. The molecule has 0 fully saturated rings. The topological polar surface area (TPSA) is 113 Å². The molecule has 154 valence electrons. The summed E-state index contributed by atoms with van der Waals surface area (Å²) in [6, 6.07) is 16.7. The van der Waals surface area contributed by atoms with Gasteiger partial charge in [0.2, 0.25) is 5.91 Å². The number of sulfonamides is 1. The lowest BCUT2D eigenvalue weighted by Gasteiger charge is -2.09. The summed E-state index contributed by atoms with van der Waals surface area (Å²) in [6.45, 7) is 1.66. The molecule has 0 aliphatic rings. The SMILES string of the molecule is Cc1cc(NS(=O)(=O)c2ccc(NC(=S)NC(=O)/C=C/c3ccccc3)cc2)no1. The first-order chi connectivity index (χ1) is 14.3. The second-order valence-electron chi connectivity index (χ2n) is 6.14. The van der Waals surface area contributed by atoms with Crippen molar-refractivity contribution < 1.29 is 17.7 Å². The number of anilines is 2. The van der Waals surface area contributed by atoms with Crippen LogP contribution < -0.4 is 15.4 Å². The highest BCUT2D eigenvalue weighted by Crippen LogP contribution is 2.18. The molecule has 3 rings (SSSR count). The van der Waals surface area contributed by atoms with Crippen LogP contribution in [0.1, 0.15) is 11.3 Å². The standard InChI is InChI=1S/C20H18N4O4S2/c1-14-13-18(23-28-14)24-30(26,27)17-10-8-16(9-11-17)21-20(29)22-19(25)12-7-15-5-3-2-4-6-15/h2-13H,1H3,(H,23,24)(H2,21,22,25,29)/b12-7+. The van der Waals surface area contributed by atoms with Crippen molar-refractivity contribution in [2.45, 2.75) is 11.8 Å². The van der Waals surface area contributed by atoms with Gasteiger partial charge in [0.15, 0.2) is 10.9 Å². The molecule has 1 heterocycles. The van der Waals surface area contributed by atoms with Gasteiger partial charge in [0.25, 0.3) is 10.0 Å². The van der Waals surface area contributed by atoms with Crippen LogP contribution in [0.15, 0.2) is 76.2 Å². The van der Waals surface area contributed by atoms with Crippen LogP contribution in [0.5, 0.6) is 0 Å². The lowest BCUT2D eigenvalue weighted by molar-refractivity contribution is -0.115. The molecule has 3 aromatic rings. The fourth-order valence-corrected chi connectivity index (χ4v) is 3.58. The van der Waals surface area contributed by atoms with Gasteiger partial charge in [-0.15, -0.1) is 0 Å². The van der Waals surface area contributed by atoms with E-state index in [-0.39, 0.29) is 21.7 Å². The minimum absolute atomic E-state index is 0.0365. The maximum absolute atomic E-state index is 12.4. The van der Waals surface area contributed by atoms with Gasteiger partial charge < -0.3 is 9.84 Å². The van der Waals surface area contributed by atoms with Crippen molar-refractivity contribution in [1.82, 2.24) is 10.5 Å². The van der Waals surface area contributed by atoms with Crippen LogP contribution in [-0.2, 0) is 14.8 Å². The summed E-state index contributed by atoms with van der Waals surface area (Å²) in [4.78, 5) is 12.0. The zero-order valence-corrected chi connectivity index (χ0v) is 17.5. The minimum atomic E-state index is -3.81. The molecule has 8 nitrogen and oxygen atoms in total.